The van der Waals surface area contributed by atoms with Gasteiger partial charge < -0.3 is 0 Å². The molecule has 0 N–H and O–H groups in total. The van der Waals surface area contributed by atoms with E-state index in [0.717, 1.165) is 5.25 Å². The van der Waals surface area contributed by atoms with Gasteiger partial charge in [0.1, 0.15) is 0 Å². The Balaban J connectivity index is 2.48. The molecule has 0 amide bonds. The standard InChI is InChI=1S/C3H4GeN/c4-2-1-3-5/h1-2H2. The molecule has 0 aromatic carbocycles. The van der Waals surface area contributed by atoms with Crippen LogP contribution in [0.2, 0.25) is 5.25 Å². The Kier molecular flexibility index (Phi) is 4.06. The van der Waals surface area contributed by atoms with Crippen molar-refractivity contribution in [3.8, 4) is 6.07 Å². The molecule has 1 nitrogen and oxygen atoms in total. The second-order valence-corrected chi connectivity index (χ2v) is 1.71. The van der Waals surface area contributed by atoms with Crippen LogP contribution in [0.3, 0.4) is 0 Å². The van der Waals surface area contributed by atoms with Crippen LogP contribution in [0.1, 0.15) is 6.42 Å². The molecule has 0 rings (SSSR count). The van der Waals surface area contributed by atoms with Crippen molar-refractivity contribution in [3.05, 3.63) is 0 Å². The van der Waals surface area contributed by atoms with Gasteiger partial charge in [0, 0.05) is 0 Å². The van der Waals surface area contributed by atoms with Crippen LogP contribution >= 0.6 is 0 Å². The minimum atomic E-state index is 0.694. The summed E-state index contributed by atoms with van der Waals surface area (Å²) in [4.78, 5) is 0. The zero-order valence-corrected chi connectivity index (χ0v) is 4.96. The Hall–Kier alpha value is 0.0329. The van der Waals surface area contributed by atoms with E-state index in [9.17, 15) is 0 Å². The van der Waals surface area contributed by atoms with E-state index in [1.165, 1.54) is 0 Å². The first-order chi connectivity index (χ1) is 2.41. The van der Waals surface area contributed by atoms with Crippen molar-refractivity contribution in [2.75, 3.05) is 0 Å². The molecule has 0 saturated heterocycles. The molecule has 0 unspecified atom stereocenters. The van der Waals surface area contributed by atoms with Gasteiger partial charge in [-0.05, 0) is 0 Å². The molecule has 2 heteroatoms. The third kappa shape index (κ3) is 4.03. The van der Waals surface area contributed by atoms with Gasteiger partial charge in [-0.2, -0.15) is 0 Å². The number of hydrogen-bond acceptors (Lipinski definition) is 1. The summed E-state index contributed by atoms with van der Waals surface area (Å²) in [7, 11) is 0. The molecule has 5 heavy (non-hydrogen) atoms. The molecule has 0 aliphatic rings. The number of hydrogen-bond donors (Lipinski definition) is 0. The van der Waals surface area contributed by atoms with Gasteiger partial charge in [-0.15, -0.1) is 0 Å². The zero-order valence-electron chi connectivity index (χ0n) is 2.86. The van der Waals surface area contributed by atoms with Crippen molar-refractivity contribution in [2.45, 2.75) is 11.7 Å². The monoisotopic (exact) mass is 128 g/mol. The van der Waals surface area contributed by atoms with Crippen LogP contribution in [0, 0.1) is 11.3 Å². The predicted octanol–water partition coefficient (Wildman–Crippen LogP) is 0.487. The van der Waals surface area contributed by atoms with E-state index in [1.54, 1.807) is 0 Å². The number of nitrogens with zero attached hydrogens (tertiary/aromatic N) is 1. The summed E-state index contributed by atoms with van der Waals surface area (Å²) >= 11 is 1.99. The van der Waals surface area contributed by atoms with Crippen LogP contribution in [-0.4, -0.2) is 16.5 Å². The molecule has 0 aliphatic heterocycles. The Morgan fingerprint density at radius 2 is 2.40 bits per heavy atom. The number of nitriles is 1. The molecule has 0 aromatic heterocycles. The van der Waals surface area contributed by atoms with Crippen molar-refractivity contribution < 1.29 is 0 Å². The van der Waals surface area contributed by atoms with Crippen molar-refractivity contribution in [2.24, 2.45) is 0 Å². The van der Waals surface area contributed by atoms with E-state index in [0.29, 0.717) is 6.42 Å². The maximum absolute atomic E-state index is 7.82. The summed E-state index contributed by atoms with van der Waals surface area (Å²) < 4.78 is 0. The van der Waals surface area contributed by atoms with Crippen LogP contribution in [0.4, 0.5) is 0 Å². The second-order valence-electron chi connectivity index (χ2n) is 0.658. The van der Waals surface area contributed by atoms with Crippen LogP contribution in [0.25, 0.3) is 0 Å². The molecular weight excluding hydrogens is 123 g/mol. The first-order valence-corrected chi connectivity index (χ1v) is 2.91. The molecule has 0 atom stereocenters. The predicted molar refractivity (Wildman–Crippen MR) is 20.8 cm³/mol. The topological polar surface area (TPSA) is 23.8 Å². The third-order valence-corrected chi connectivity index (χ3v) is 0.761. The molecule has 0 aromatic rings. The van der Waals surface area contributed by atoms with E-state index >= 15 is 0 Å². The summed E-state index contributed by atoms with van der Waals surface area (Å²) in [6.07, 6.45) is 0.694. The molecule has 0 heterocycles. The van der Waals surface area contributed by atoms with E-state index in [4.69, 9.17) is 5.26 Å². The number of rotatable bonds is 1. The second kappa shape index (κ2) is 4.03. The van der Waals surface area contributed by atoms with Gasteiger partial charge in [0.05, 0.1) is 0 Å². The van der Waals surface area contributed by atoms with Crippen LogP contribution in [-0.2, 0) is 0 Å². The Morgan fingerprint density at radius 1 is 1.80 bits per heavy atom. The molecule has 3 radical (unpaired) electrons. The van der Waals surface area contributed by atoms with Crippen LogP contribution in [0.5, 0.6) is 0 Å². The molecule has 0 bridgehead atoms. The third-order valence-electron chi connectivity index (χ3n) is 0.237. The van der Waals surface area contributed by atoms with E-state index in [-0.39, 0.29) is 0 Å². The normalized spacial score (nSPS) is 6.40. The molecular formula is C3H4GeN. The van der Waals surface area contributed by atoms with Crippen molar-refractivity contribution in [1.82, 2.24) is 0 Å². The van der Waals surface area contributed by atoms with Gasteiger partial charge in [0.25, 0.3) is 0 Å². The Morgan fingerprint density at radius 3 is 2.40 bits per heavy atom. The summed E-state index contributed by atoms with van der Waals surface area (Å²) in [5.41, 5.74) is 0. The van der Waals surface area contributed by atoms with Crippen LogP contribution in [0.15, 0.2) is 0 Å². The maximum atomic E-state index is 7.82. The fraction of sp³-hybridized carbons (Fsp3) is 0.667. The van der Waals surface area contributed by atoms with Crippen molar-refractivity contribution in [3.63, 3.8) is 0 Å². The first-order valence-electron chi connectivity index (χ1n) is 1.43. The Labute approximate surface area is 40.2 Å². The summed E-state index contributed by atoms with van der Waals surface area (Å²) in [5, 5.41) is 8.80. The molecule has 0 spiro atoms. The quantitative estimate of drug-likeness (QED) is 0.469. The molecule has 0 saturated carbocycles. The van der Waals surface area contributed by atoms with Gasteiger partial charge in [0.15, 0.2) is 0 Å². The average Bonchev–Trinajstić information content (AvgIpc) is 1.41. The summed E-state index contributed by atoms with van der Waals surface area (Å²) in [6.45, 7) is 0. The van der Waals surface area contributed by atoms with E-state index in [2.05, 4.69) is 0 Å². The SMILES string of the molecule is N#CC[CH2][Ge]. The van der Waals surface area contributed by atoms with Crippen molar-refractivity contribution in [1.29, 1.82) is 5.26 Å². The molecule has 25 valence electrons. The average molecular weight is 127 g/mol. The van der Waals surface area contributed by atoms with Gasteiger partial charge in [0.2, 0.25) is 0 Å². The fourth-order valence-corrected chi connectivity index (χ4v) is 0.290. The van der Waals surface area contributed by atoms with Gasteiger partial charge in [-0.3, -0.25) is 0 Å². The van der Waals surface area contributed by atoms with E-state index in [1.807, 2.05) is 22.6 Å². The van der Waals surface area contributed by atoms with E-state index < -0.39 is 0 Å². The van der Waals surface area contributed by atoms with Gasteiger partial charge >= 0.3 is 39.5 Å². The van der Waals surface area contributed by atoms with Crippen LogP contribution < -0.4 is 0 Å². The zero-order chi connectivity index (χ0) is 4.12. The summed E-state index contributed by atoms with van der Waals surface area (Å²) in [6, 6.07) is 2.02. The molecule has 0 fully saturated rings. The minimum absolute atomic E-state index is 0.694. The fourth-order valence-electron chi connectivity index (χ4n) is 0.0559. The van der Waals surface area contributed by atoms with Gasteiger partial charge in [-0.25, -0.2) is 0 Å². The summed E-state index contributed by atoms with van der Waals surface area (Å²) in [5.74, 6) is 0. The Bertz CT molecular complexity index is 45.3. The van der Waals surface area contributed by atoms with Gasteiger partial charge in [-0.1, -0.05) is 0 Å². The first kappa shape index (κ1) is 5.03. The molecule has 0 aliphatic carbocycles. The van der Waals surface area contributed by atoms with Crippen molar-refractivity contribution >= 4 is 16.5 Å².